The molecule has 0 atom stereocenters. The third-order valence-corrected chi connectivity index (χ3v) is 7.03. The van der Waals surface area contributed by atoms with E-state index in [-0.39, 0.29) is 5.91 Å². The number of carbonyl (C=O) groups is 1. The van der Waals surface area contributed by atoms with Gasteiger partial charge in [-0.1, -0.05) is 78.9 Å². The van der Waals surface area contributed by atoms with Crippen LogP contribution in [0.25, 0.3) is 11.1 Å². The van der Waals surface area contributed by atoms with Gasteiger partial charge in [0.05, 0.1) is 0 Å². The number of carbonyl (C=O) groups excluding carboxylic acids is 1. The maximum atomic E-state index is 14.0. The fourth-order valence-corrected chi connectivity index (χ4v) is 5.37. The van der Waals surface area contributed by atoms with Crippen molar-refractivity contribution in [2.24, 2.45) is 7.05 Å². The molecule has 3 aromatic carbocycles. The van der Waals surface area contributed by atoms with E-state index < -0.39 is 5.41 Å². The van der Waals surface area contributed by atoms with Gasteiger partial charge in [-0.05, 0) is 59.2 Å². The van der Waals surface area contributed by atoms with Crippen molar-refractivity contribution < 1.29 is 4.79 Å². The molecule has 4 aromatic rings. The highest BCUT2D eigenvalue weighted by atomic mass is 16.2. The van der Waals surface area contributed by atoms with Gasteiger partial charge in [-0.2, -0.15) is 0 Å². The second-order valence-corrected chi connectivity index (χ2v) is 8.95. The van der Waals surface area contributed by atoms with Crippen LogP contribution in [0.5, 0.6) is 0 Å². The van der Waals surface area contributed by atoms with Crippen molar-refractivity contribution in [3.63, 3.8) is 0 Å². The third-order valence-electron chi connectivity index (χ3n) is 7.03. The van der Waals surface area contributed by atoms with Crippen LogP contribution in [-0.2, 0) is 30.1 Å². The predicted octanol–water partition coefficient (Wildman–Crippen LogP) is 5.67. The molecule has 0 saturated heterocycles. The van der Waals surface area contributed by atoms with Crippen LogP contribution >= 0.6 is 0 Å². The van der Waals surface area contributed by atoms with Crippen LogP contribution in [0, 0.1) is 0 Å². The Hall–Kier alpha value is -3.59. The van der Waals surface area contributed by atoms with Crippen LogP contribution in [0.1, 0.15) is 35.2 Å². The number of nitrogens with zero attached hydrogens (tertiary/aromatic N) is 1. The zero-order valence-electron chi connectivity index (χ0n) is 19.1. The summed E-state index contributed by atoms with van der Waals surface area (Å²) in [6.45, 7) is 0.626. The van der Waals surface area contributed by atoms with Gasteiger partial charge in [0.2, 0.25) is 5.91 Å². The Morgan fingerprint density at radius 2 is 1.42 bits per heavy atom. The normalized spacial score (nSPS) is 13.4. The summed E-state index contributed by atoms with van der Waals surface area (Å²) in [6, 6.07) is 31.6. The highest BCUT2D eigenvalue weighted by Crippen LogP contribution is 2.51. The van der Waals surface area contributed by atoms with Crippen molar-refractivity contribution in [1.29, 1.82) is 0 Å². The fourth-order valence-electron chi connectivity index (χ4n) is 5.37. The van der Waals surface area contributed by atoms with Crippen LogP contribution in [0.3, 0.4) is 0 Å². The summed E-state index contributed by atoms with van der Waals surface area (Å²) in [5, 5.41) is 3.31. The maximum absolute atomic E-state index is 14.0. The van der Waals surface area contributed by atoms with Gasteiger partial charge in [0.15, 0.2) is 0 Å². The van der Waals surface area contributed by atoms with Gasteiger partial charge in [-0.15, -0.1) is 0 Å². The van der Waals surface area contributed by atoms with Gasteiger partial charge >= 0.3 is 0 Å². The molecule has 5 rings (SSSR count). The quantitative estimate of drug-likeness (QED) is 0.381. The van der Waals surface area contributed by atoms with Crippen LogP contribution in [-0.4, -0.2) is 17.0 Å². The number of hydrogen-bond acceptors (Lipinski definition) is 1. The van der Waals surface area contributed by atoms with Gasteiger partial charge in [0.1, 0.15) is 5.41 Å². The standard InChI is InChI=1S/C30H30N2O/c1-32-22-10-14-24(32)19-21-31-29(33)30(20-9-13-23-11-3-2-4-12-23)27-17-7-5-15-25(27)26-16-6-8-18-28(26)30/h2-8,10-12,14-18,22H,9,13,19-21H2,1H3,(H,31,33). The molecule has 0 unspecified atom stereocenters. The predicted molar refractivity (Wildman–Crippen MR) is 134 cm³/mol. The number of aromatic nitrogens is 1. The van der Waals surface area contributed by atoms with Gasteiger partial charge < -0.3 is 9.88 Å². The molecular weight excluding hydrogens is 404 g/mol. The van der Waals surface area contributed by atoms with Crippen molar-refractivity contribution in [2.75, 3.05) is 6.54 Å². The van der Waals surface area contributed by atoms with E-state index >= 15 is 0 Å². The molecule has 0 spiro atoms. The maximum Gasteiger partial charge on any atom is 0.235 e. The summed E-state index contributed by atoms with van der Waals surface area (Å²) >= 11 is 0. The first kappa shape index (κ1) is 21.3. The van der Waals surface area contributed by atoms with Crippen molar-refractivity contribution in [2.45, 2.75) is 31.1 Å². The van der Waals surface area contributed by atoms with Crippen LogP contribution in [0.2, 0.25) is 0 Å². The Morgan fingerprint density at radius 1 is 0.788 bits per heavy atom. The fraction of sp³-hybridized carbons (Fsp3) is 0.233. The molecule has 0 radical (unpaired) electrons. The lowest BCUT2D eigenvalue weighted by Gasteiger charge is -2.31. The van der Waals surface area contributed by atoms with E-state index in [4.69, 9.17) is 0 Å². The first-order chi connectivity index (χ1) is 16.2. The lowest BCUT2D eigenvalue weighted by Crippen LogP contribution is -2.45. The van der Waals surface area contributed by atoms with E-state index in [0.717, 1.165) is 36.8 Å². The number of amides is 1. The molecule has 0 fully saturated rings. The zero-order chi connectivity index (χ0) is 22.7. The summed E-state index contributed by atoms with van der Waals surface area (Å²) in [4.78, 5) is 14.0. The van der Waals surface area contributed by atoms with Gasteiger partial charge in [-0.25, -0.2) is 0 Å². The molecular formula is C30H30N2O. The Kier molecular flexibility index (Phi) is 5.87. The zero-order valence-corrected chi connectivity index (χ0v) is 19.1. The van der Waals surface area contributed by atoms with Gasteiger partial charge in [0.25, 0.3) is 0 Å². The molecule has 1 heterocycles. The molecule has 166 valence electrons. The molecule has 3 nitrogen and oxygen atoms in total. The summed E-state index contributed by atoms with van der Waals surface area (Å²) in [5.41, 5.74) is 6.52. The largest absolute Gasteiger partial charge is 0.355 e. The molecule has 1 N–H and O–H groups in total. The highest BCUT2D eigenvalue weighted by molar-refractivity contribution is 6.00. The van der Waals surface area contributed by atoms with Crippen LogP contribution < -0.4 is 5.32 Å². The molecule has 33 heavy (non-hydrogen) atoms. The van der Waals surface area contributed by atoms with Crippen molar-refractivity contribution >= 4 is 5.91 Å². The van der Waals surface area contributed by atoms with Crippen LogP contribution in [0.4, 0.5) is 0 Å². The minimum Gasteiger partial charge on any atom is -0.355 e. The molecule has 1 amide bonds. The molecule has 0 saturated carbocycles. The minimum absolute atomic E-state index is 0.113. The molecule has 0 bridgehead atoms. The first-order valence-electron chi connectivity index (χ1n) is 11.8. The Morgan fingerprint density at radius 3 is 2.06 bits per heavy atom. The average Bonchev–Trinajstić information content (AvgIpc) is 3.39. The van der Waals surface area contributed by atoms with Crippen LogP contribution in [0.15, 0.2) is 97.2 Å². The summed E-state index contributed by atoms with van der Waals surface area (Å²) in [5.74, 6) is 0.113. The smallest absolute Gasteiger partial charge is 0.235 e. The SMILES string of the molecule is Cn1cccc1CCNC(=O)C1(CCCc2ccccc2)c2ccccc2-c2ccccc21. The first-order valence-corrected chi connectivity index (χ1v) is 11.8. The molecule has 0 aliphatic heterocycles. The van der Waals surface area contributed by atoms with E-state index in [1.807, 2.05) is 19.3 Å². The number of rotatable bonds is 8. The van der Waals surface area contributed by atoms with Crippen molar-refractivity contribution in [3.05, 3.63) is 120 Å². The van der Waals surface area contributed by atoms with Gasteiger partial charge in [-0.3, -0.25) is 4.79 Å². The number of nitrogens with one attached hydrogen (secondary N) is 1. The molecule has 1 aromatic heterocycles. The Balaban J connectivity index is 1.46. The monoisotopic (exact) mass is 434 g/mol. The van der Waals surface area contributed by atoms with Crippen molar-refractivity contribution in [1.82, 2.24) is 9.88 Å². The minimum atomic E-state index is -0.657. The Labute approximate surface area is 196 Å². The number of fused-ring (bicyclic) bond motifs is 3. The molecule has 1 aliphatic rings. The number of aryl methyl sites for hydroxylation is 2. The lowest BCUT2D eigenvalue weighted by molar-refractivity contribution is -0.125. The number of benzene rings is 3. The van der Waals surface area contributed by atoms with E-state index in [9.17, 15) is 4.79 Å². The third kappa shape index (κ3) is 3.89. The van der Waals surface area contributed by atoms with Crippen molar-refractivity contribution in [3.8, 4) is 11.1 Å². The second-order valence-electron chi connectivity index (χ2n) is 8.95. The lowest BCUT2D eigenvalue weighted by atomic mass is 9.73. The number of hydrogen-bond donors (Lipinski definition) is 1. The molecule has 3 heteroatoms. The van der Waals surface area contributed by atoms with Gasteiger partial charge in [0, 0.05) is 31.9 Å². The Bertz CT molecular complexity index is 1210. The summed E-state index contributed by atoms with van der Waals surface area (Å²) < 4.78 is 2.11. The average molecular weight is 435 g/mol. The van der Waals surface area contributed by atoms with E-state index in [0.29, 0.717) is 6.54 Å². The highest BCUT2D eigenvalue weighted by Gasteiger charge is 2.48. The topological polar surface area (TPSA) is 34.0 Å². The summed E-state index contributed by atoms with van der Waals surface area (Å²) in [6.07, 6.45) is 5.55. The molecule has 1 aliphatic carbocycles. The van der Waals surface area contributed by atoms with E-state index in [2.05, 4.69) is 94.8 Å². The van der Waals surface area contributed by atoms with E-state index in [1.165, 1.54) is 22.4 Å². The second kappa shape index (κ2) is 9.11. The van der Waals surface area contributed by atoms with E-state index in [1.54, 1.807) is 0 Å². The summed E-state index contributed by atoms with van der Waals surface area (Å²) in [7, 11) is 2.05.